The van der Waals surface area contributed by atoms with E-state index >= 15 is 0 Å². The second-order valence-corrected chi connectivity index (χ2v) is 6.04. The highest BCUT2D eigenvalue weighted by atomic mass is 32.2. The number of rotatable bonds is 6. The van der Waals surface area contributed by atoms with Crippen molar-refractivity contribution >= 4 is 11.8 Å². The van der Waals surface area contributed by atoms with Crippen LogP contribution in [0, 0.1) is 5.92 Å². The molecule has 0 aromatic carbocycles. The molecule has 0 spiro atoms. The van der Waals surface area contributed by atoms with E-state index in [2.05, 4.69) is 11.2 Å². The molecule has 3 heteroatoms. The number of hydrogen-bond acceptors (Lipinski definition) is 3. The molecule has 1 aliphatic heterocycles. The predicted octanol–water partition coefficient (Wildman–Crippen LogP) is 1.94. The molecule has 2 nitrogen and oxygen atoms in total. The third-order valence-corrected chi connectivity index (χ3v) is 4.78. The zero-order valence-corrected chi connectivity index (χ0v) is 10.6. The van der Waals surface area contributed by atoms with Gasteiger partial charge in [0.2, 0.25) is 0 Å². The van der Waals surface area contributed by atoms with Gasteiger partial charge in [-0.05, 0) is 50.0 Å². The highest BCUT2D eigenvalue weighted by Gasteiger charge is 2.40. The topological polar surface area (TPSA) is 29.3 Å². The Kier molecular flexibility index (Phi) is 4.35. The summed E-state index contributed by atoms with van der Waals surface area (Å²) in [7, 11) is 0. The second-order valence-electron chi connectivity index (χ2n) is 5.05. The minimum Gasteiger partial charge on any atom is -0.329 e. The average Bonchev–Trinajstić information content (AvgIpc) is 2.86. The largest absolute Gasteiger partial charge is 0.329 e. The molecule has 0 aromatic rings. The number of hydrogen-bond donors (Lipinski definition) is 1. The van der Waals surface area contributed by atoms with Crippen LogP contribution in [0.15, 0.2) is 0 Å². The van der Waals surface area contributed by atoms with Crippen molar-refractivity contribution in [3.63, 3.8) is 0 Å². The molecule has 1 saturated carbocycles. The summed E-state index contributed by atoms with van der Waals surface area (Å²) in [6.45, 7) is 2.20. The Balaban J connectivity index is 1.79. The van der Waals surface area contributed by atoms with E-state index in [4.69, 9.17) is 5.73 Å². The van der Waals surface area contributed by atoms with Gasteiger partial charge in [-0.2, -0.15) is 11.8 Å². The lowest BCUT2D eigenvalue weighted by molar-refractivity contribution is 0.145. The molecule has 2 bridgehead atoms. The first-order chi connectivity index (χ1) is 7.35. The molecule has 2 fully saturated rings. The van der Waals surface area contributed by atoms with Crippen molar-refractivity contribution in [2.45, 2.75) is 44.2 Å². The van der Waals surface area contributed by atoms with Crippen LogP contribution in [0.25, 0.3) is 0 Å². The lowest BCUT2D eigenvalue weighted by atomic mass is 10.1. The van der Waals surface area contributed by atoms with E-state index < -0.39 is 0 Å². The summed E-state index contributed by atoms with van der Waals surface area (Å²) in [6, 6.07) is 1.56. The van der Waals surface area contributed by atoms with Crippen LogP contribution in [-0.4, -0.2) is 42.1 Å². The third-order valence-electron chi connectivity index (χ3n) is 4.08. The highest BCUT2D eigenvalue weighted by Crippen LogP contribution is 2.38. The maximum absolute atomic E-state index is 5.92. The first kappa shape index (κ1) is 11.7. The van der Waals surface area contributed by atoms with Crippen LogP contribution >= 0.6 is 11.8 Å². The SMILES string of the molecule is CSCCCC(CN)N1CC2CCC1C2. The number of thioether (sulfide) groups is 1. The summed E-state index contributed by atoms with van der Waals surface area (Å²) in [5.41, 5.74) is 5.92. The summed E-state index contributed by atoms with van der Waals surface area (Å²) in [4.78, 5) is 2.72. The molecule has 3 unspecified atom stereocenters. The summed E-state index contributed by atoms with van der Waals surface area (Å²) in [5.74, 6) is 2.29. The van der Waals surface area contributed by atoms with Gasteiger partial charge in [-0.3, -0.25) is 4.90 Å². The van der Waals surface area contributed by atoms with E-state index in [0.717, 1.165) is 18.5 Å². The molecule has 3 atom stereocenters. The van der Waals surface area contributed by atoms with Gasteiger partial charge in [0.05, 0.1) is 0 Å². The zero-order chi connectivity index (χ0) is 10.7. The van der Waals surface area contributed by atoms with Crippen molar-refractivity contribution in [3.8, 4) is 0 Å². The van der Waals surface area contributed by atoms with Gasteiger partial charge in [0.25, 0.3) is 0 Å². The van der Waals surface area contributed by atoms with Crippen LogP contribution in [0.2, 0.25) is 0 Å². The van der Waals surface area contributed by atoms with E-state index in [1.54, 1.807) is 0 Å². The van der Waals surface area contributed by atoms with Crippen molar-refractivity contribution < 1.29 is 0 Å². The van der Waals surface area contributed by atoms with E-state index in [9.17, 15) is 0 Å². The van der Waals surface area contributed by atoms with Gasteiger partial charge in [0, 0.05) is 25.2 Å². The van der Waals surface area contributed by atoms with E-state index in [0.29, 0.717) is 6.04 Å². The molecule has 1 aliphatic carbocycles. The molecule has 1 saturated heterocycles. The quantitative estimate of drug-likeness (QED) is 0.705. The normalized spacial score (nSPS) is 32.4. The minimum atomic E-state index is 0.674. The minimum absolute atomic E-state index is 0.674. The molecule has 2 rings (SSSR count). The second kappa shape index (κ2) is 5.55. The molecule has 1 heterocycles. The van der Waals surface area contributed by atoms with Crippen molar-refractivity contribution in [1.82, 2.24) is 4.90 Å². The summed E-state index contributed by atoms with van der Waals surface area (Å²) < 4.78 is 0. The summed E-state index contributed by atoms with van der Waals surface area (Å²) in [6.07, 6.45) is 9.19. The molecule has 15 heavy (non-hydrogen) atoms. The zero-order valence-electron chi connectivity index (χ0n) is 9.82. The van der Waals surface area contributed by atoms with E-state index in [1.807, 2.05) is 11.8 Å². The van der Waals surface area contributed by atoms with Gasteiger partial charge in [-0.15, -0.1) is 0 Å². The van der Waals surface area contributed by atoms with Crippen LogP contribution in [0.3, 0.4) is 0 Å². The Morgan fingerprint density at radius 3 is 2.87 bits per heavy atom. The number of nitrogens with two attached hydrogens (primary N) is 1. The fraction of sp³-hybridized carbons (Fsp3) is 1.00. The molecule has 0 aromatic heterocycles. The number of piperidine rings is 1. The first-order valence-corrected chi connectivity index (χ1v) is 7.69. The Hall–Kier alpha value is 0.270. The van der Waals surface area contributed by atoms with Crippen LogP contribution in [-0.2, 0) is 0 Å². The van der Waals surface area contributed by atoms with Crippen LogP contribution in [0.4, 0.5) is 0 Å². The third kappa shape index (κ3) is 2.69. The number of fused-ring (bicyclic) bond motifs is 2. The smallest absolute Gasteiger partial charge is 0.0221 e. The van der Waals surface area contributed by atoms with Gasteiger partial charge in [0.1, 0.15) is 0 Å². The Labute approximate surface area is 98.0 Å². The Morgan fingerprint density at radius 1 is 1.47 bits per heavy atom. The van der Waals surface area contributed by atoms with Gasteiger partial charge in [-0.1, -0.05) is 0 Å². The Morgan fingerprint density at radius 2 is 2.33 bits per heavy atom. The molecule has 2 N–H and O–H groups in total. The number of nitrogens with zero attached hydrogens (tertiary/aromatic N) is 1. The van der Waals surface area contributed by atoms with Gasteiger partial charge >= 0.3 is 0 Å². The lowest BCUT2D eigenvalue weighted by Crippen LogP contribution is -2.45. The maximum atomic E-state index is 5.92. The van der Waals surface area contributed by atoms with Crippen LogP contribution in [0.1, 0.15) is 32.1 Å². The molecule has 0 amide bonds. The first-order valence-electron chi connectivity index (χ1n) is 6.30. The Bertz CT molecular complexity index is 198. The molecule has 2 aliphatic rings. The fourth-order valence-corrected chi connectivity index (χ4v) is 3.75. The van der Waals surface area contributed by atoms with Gasteiger partial charge in [-0.25, -0.2) is 0 Å². The summed E-state index contributed by atoms with van der Waals surface area (Å²) >= 11 is 1.95. The van der Waals surface area contributed by atoms with Crippen molar-refractivity contribution in [2.75, 3.05) is 25.1 Å². The molecular weight excluding hydrogens is 204 g/mol. The van der Waals surface area contributed by atoms with Gasteiger partial charge < -0.3 is 5.73 Å². The van der Waals surface area contributed by atoms with Crippen molar-refractivity contribution in [1.29, 1.82) is 0 Å². The van der Waals surface area contributed by atoms with Crippen LogP contribution < -0.4 is 5.73 Å². The van der Waals surface area contributed by atoms with Gasteiger partial charge in [0.15, 0.2) is 0 Å². The lowest BCUT2D eigenvalue weighted by Gasteiger charge is -2.34. The average molecular weight is 228 g/mol. The molecule has 0 radical (unpaired) electrons. The standard InChI is InChI=1S/C12H24N2S/c1-15-6-2-3-12(8-13)14-9-10-4-5-11(14)7-10/h10-12H,2-9,13H2,1H3. The molecular formula is C12H24N2S. The van der Waals surface area contributed by atoms with Crippen LogP contribution in [0.5, 0.6) is 0 Å². The van der Waals surface area contributed by atoms with E-state index in [1.165, 1.54) is 44.4 Å². The van der Waals surface area contributed by atoms with Crippen molar-refractivity contribution in [2.24, 2.45) is 11.7 Å². The maximum Gasteiger partial charge on any atom is 0.0221 e. The van der Waals surface area contributed by atoms with Crippen molar-refractivity contribution in [3.05, 3.63) is 0 Å². The number of likely N-dealkylation sites (tertiary alicyclic amines) is 1. The monoisotopic (exact) mass is 228 g/mol. The summed E-state index contributed by atoms with van der Waals surface area (Å²) in [5, 5.41) is 0. The molecule has 88 valence electrons. The highest BCUT2D eigenvalue weighted by molar-refractivity contribution is 7.98. The fourth-order valence-electron chi connectivity index (χ4n) is 3.29. The predicted molar refractivity (Wildman–Crippen MR) is 68.3 cm³/mol. The van der Waals surface area contributed by atoms with E-state index in [-0.39, 0.29) is 0 Å².